The van der Waals surface area contributed by atoms with Gasteiger partial charge in [0.25, 0.3) is 5.91 Å². The molecular weight excluding hydrogens is 747 g/mol. The molecule has 7 heteroatoms. The molecule has 1 aliphatic heterocycles. The highest BCUT2D eigenvalue weighted by Gasteiger charge is 2.21. The van der Waals surface area contributed by atoms with E-state index in [0.29, 0.717) is 0 Å². The first-order valence-electron chi connectivity index (χ1n) is 19.2. The number of amidine groups is 1. The number of rotatable bonds is 12. The van der Waals surface area contributed by atoms with Crippen molar-refractivity contribution < 1.29 is 14.7 Å². The number of carboxylic acids is 1. The van der Waals surface area contributed by atoms with E-state index in [4.69, 9.17) is 5.11 Å². The van der Waals surface area contributed by atoms with Crippen molar-refractivity contribution in [2.75, 3.05) is 10.7 Å². The van der Waals surface area contributed by atoms with Gasteiger partial charge in [-0.1, -0.05) is 169 Å². The maximum atomic E-state index is 12.6. The van der Waals surface area contributed by atoms with Crippen LogP contribution in [0.5, 0.6) is 0 Å². The van der Waals surface area contributed by atoms with Crippen molar-refractivity contribution in [3.05, 3.63) is 239 Å². The van der Waals surface area contributed by atoms with Crippen molar-refractivity contribution >= 4 is 75.2 Å². The summed E-state index contributed by atoms with van der Waals surface area (Å²) >= 11 is 0.979. The van der Waals surface area contributed by atoms with Gasteiger partial charge < -0.3 is 10.0 Å². The van der Waals surface area contributed by atoms with Crippen molar-refractivity contribution in [1.82, 2.24) is 5.32 Å². The van der Waals surface area contributed by atoms with Crippen LogP contribution in [-0.2, 0) is 9.59 Å². The Labute approximate surface area is 348 Å². The monoisotopic (exact) mass is 785 g/mol. The molecule has 8 rings (SSSR count). The minimum Gasteiger partial charge on any atom is -0.481 e. The molecule has 0 spiro atoms. The number of amides is 1. The molecule has 0 saturated heterocycles. The summed E-state index contributed by atoms with van der Waals surface area (Å²) in [6.45, 7) is 0. The fourth-order valence-corrected chi connectivity index (χ4v) is 7.47. The van der Waals surface area contributed by atoms with Gasteiger partial charge in [-0.3, -0.25) is 14.9 Å². The number of nitrogens with zero attached hydrogens (tertiary/aromatic N) is 2. The van der Waals surface area contributed by atoms with Crippen LogP contribution in [0.25, 0.3) is 29.4 Å². The summed E-state index contributed by atoms with van der Waals surface area (Å²) in [5.74, 6) is -1.53. The van der Waals surface area contributed by atoms with E-state index in [0.717, 1.165) is 78.9 Å². The molecule has 0 radical (unpaired) electrons. The van der Waals surface area contributed by atoms with Crippen LogP contribution < -0.4 is 10.2 Å². The van der Waals surface area contributed by atoms with E-state index < -0.39 is 5.97 Å². The Hall–Kier alpha value is -7.48. The molecule has 6 nitrogen and oxygen atoms in total. The van der Waals surface area contributed by atoms with Crippen LogP contribution in [-0.4, -0.2) is 27.9 Å². The number of carbonyl (C=O) groups excluding carboxylic acids is 1. The zero-order valence-corrected chi connectivity index (χ0v) is 32.8. The van der Waals surface area contributed by atoms with Crippen molar-refractivity contribution in [2.45, 2.75) is 0 Å². The normalized spacial score (nSPS) is 12.6. The summed E-state index contributed by atoms with van der Waals surface area (Å²) in [5, 5.41) is 12.0. The third-order valence-corrected chi connectivity index (χ3v) is 10.6. The largest absolute Gasteiger partial charge is 0.481 e. The number of carboxylic acid groups (broad SMARTS) is 1. The molecule has 286 valence electrons. The average molecular weight is 786 g/mol. The van der Waals surface area contributed by atoms with Gasteiger partial charge in [-0.25, -0.2) is 4.99 Å². The van der Waals surface area contributed by atoms with E-state index in [1.807, 2.05) is 48.5 Å². The summed E-state index contributed by atoms with van der Waals surface area (Å²) < 4.78 is 0. The minimum absolute atomic E-state index is 0.187. The van der Waals surface area contributed by atoms with E-state index in [9.17, 15) is 9.59 Å². The van der Waals surface area contributed by atoms with E-state index in [1.54, 1.807) is 6.08 Å². The molecule has 2 N–H and O–H groups in total. The third-order valence-electron chi connectivity index (χ3n) is 9.73. The molecule has 1 aliphatic rings. The van der Waals surface area contributed by atoms with Crippen LogP contribution in [0, 0.1) is 0 Å². The number of benzene rings is 7. The molecule has 1 heterocycles. The predicted octanol–water partition coefficient (Wildman–Crippen LogP) is 12.0. The lowest BCUT2D eigenvalue weighted by molar-refractivity contribution is -0.133. The van der Waals surface area contributed by atoms with E-state index in [1.165, 1.54) is 0 Å². The fourth-order valence-electron chi connectivity index (χ4n) is 6.88. The quantitative estimate of drug-likeness (QED) is 0.0952. The zero-order chi connectivity index (χ0) is 40.4. The topological polar surface area (TPSA) is 82.0 Å². The summed E-state index contributed by atoms with van der Waals surface area (Å²) in [6.07, 6.45) is 6.16. The van der Waals surface area contributed by atoms with Gasteiger partial charge in [0.2, 0.25) is 0 Å². The Morgan fingerprint density at radius 2 is 0.881 bits per heavy atom. The van der Waals surface area contributed by atoms with Crippen LogP contribution in [0.15, 0.2) is 205 Å². The van der Waals surface area contributed by atoms with Gasteiger partial charge in [-0.2, -0.15) is 0 Å². The molecule has 59 heavy (non-hydrogen) atoms. The smallest absolute Gasteiger partial charge is 0.313 e. The van der Waals surface area contributed by atoms with E-state index >= 15 is 0 Å². The maximum absolute atomic E-state index is 12.6. The second-order valence-corrected chi connectivity index (χ2v) is 14.7. The highest BCUT2D eigenvalue weighted by Crippen LogP contribution is 2.37. The van der Waals surface area contributed by atoms with E-state index in [-0.39, 0.29) is 22.5 Å². The molecule has 0 saturated carbocycles. The van der Waals surface area contributed by atoms with Gasteiger partial charge in [-0.15, -0.1) is 0 Å². The van der Waals surface area contributed by atoms with E-state index in [2.05, 4.69) is 173 Å². The number of carbonyl (C=O) groups is 2. The second-order valence-electron chi connectivity index (χ2n) is 13.8. The molecule has 7 aromatic carbocycles. The lowest BCUT2D eigenvalue weighted by atomic mass is 9.95. The lowest BCUT2D eigenvalue weighted by Crippen LogP contribution is -2.22. The highest BCUT2D eigenvalue weighted by atomic mass is 32.2. The molecular formula is C52H39N3O3S. The molecule has 0 unspecified atom stereocenters. The van der Waals surface area contributed by atoms with Gasteiger partial charge in [0.05, 0.1) is 5.75 Å². The van der Waals surface area contributed by atoms with Crippen LogP contribution in [0.4, 0.5) is 17.1 Å². The average Bonchev–Trinajstić information content (AvgIpc) is 3.64. The Balaban J connectivity index is 1.15. The number of thioether (sulfide) groups is 1. The molecule has 0 aliphatic carbocycles. The van der Waals surface area contributed by atoms with Crippen molar-refractivity contribution in [1.29, 1.82) is 0 Å². The first-order chi connectivity index (χ1) is 29.0. The first kappa shape index (κ1) is 38.4. The molecule has 0 aromatic heterocycles. The van der Waals surface area contributed by atoms with Crippen LogP contribution >= 0.6 is 11.8 Å². The SMILES string of the molecule is O=C(O)CSC1=NC(=Cc2ccc(N(c3ccc(C=C(c4ccccc4)c4ccccc4)cc3)c3ccc(C=C(c4ccccc4)c4ccccc4)cc3)cc2)C(=O)N1. The van der Waals surface area contributed by atoms with Crippen molar-refractivity contribution in [3.63, 3.8) is 0 Å². The van der Waals surface area contributed by atoms with Crippen molar-refractivity contribution in [2.24, 2.45) is 4.99 Å². The molecule has 0 fully saturated rings. The predicted molar refractivity (Wildman–Crippen MR) is 244 cm³/mol. The third kappa shape index (κ3) is 9.56. The molecule has 0 bridgehead atoms. The maximum Gasteiger partial charge on any atom is 0.313 e. The van der Waals surface area contributed by atoms with Crippen LogP contribution in [0.2, 0.25) is 0 Å². The van der Waals surface area contributed by atoms with Crippen LogP contribution in [0.3, 0.4) is 0 Å². The van der Waals surface area contributed by atoms with Gasteiger partial charge in [0.15, 0.2) is 5.17 Å². The molecule has 1 amide bonds. The summed E-state index contributed by atoms with van der Waals surface area (Å²) in [4.78, 5) is 30.2. The Bertz CT molecular complexity index is 2460. The number of anilines is 3. The summed E-state index contributed by atoms with van der Waals surface area (Å²) in [5.41, 5.74) is 12.9. The van der Waals surface area contributed by atoms with Crippen LogP contribution in [0.1, 0.15) is 38.9 Å². The Morgan fingerprint density at radius 3 is 1.24 bits per heavy atom. The molecule has 7 aromatic rings. The lowest BCUT2D eigenvalue weighted by Gasteiger charge is -2.26. The fraction of sp³-hybridized carbons (Fsp3) is 0.0192. The van der Waals surface area contributed by atoms with Gasteiger partial charge >= 0.3 is 5.97 Å². The minimum atomic E-state index is -0.977. The second kappa shape index (κ2) is 18.2. The number of hydrogen-bond acceptors (Lipinski definition) is 5. The number of aliphatic carboxylic acids is 1. The molecule has 0 atom stereocenters. The summed E-state index contributed by atoms with van der Waals surface area (Å²) in [6, 6.07) is 66.8. The van der Waals surface area contributed by atoms with Gasteiger partial charge in [-0.05, 0) is 105 Å². The first-order valence-corrected chi connectivity index (χ1v) is 20.2. The Kier molecular flexibility index (Phi) is 11.8. The summed E-state index contributed by atoms with van der Waals surface area (Å²) in [7, 11) is 0. The standard InChI is InChI=1S/C52H39N3O3S/c56-50(57)36-59-52-53-49(51(58)54-52)35-39-25-31-46(32-26-39)55(44-27-21-37(22-28-44)33-47(40-13-5-1-6-14-40)41-15-7-2-8-16-41)45-29-23-38(24-30-45)34-48(42-17-9-3-10-18-42)43-19-11-4-12-20-43/h1-35H,36H2,(H,56,57)(H,53,54,58). The highest BCUT2D eigenvalue weighted by molar-refractivity contribution is 8.14. The van der Waals surface area contributed by atoms with Gasteiger partial charge in [0.1, 0.15) is 5.70 Å². The van der Waals surface area contributed by atoms with Gasteiger partial charge in [0, 0.05) is 17.1 Å². The Morgan fingerprint density at radius 1 is 0.525 bits per heavy atom. The number of aliphatic imine (C=N–C) groups is 1. The van der Waals surface area contributed by atoms with Crippen molar-refractivity contribution in [3.8, 4) is 0 Å². The number of nitrogens with one attached hydrogen (secondary N) is 1. The zero-order valence-electron chi connectivity index (χ0n) is 32.0. The number of hydrogen-bond donors (Lipinski definition) is 2.